The summed E-state index contributed by atoms with van der Waals surface area (Å²) in [7, 11) is 0. The molecule has 5 N–H and O–H groups in total. The molecule has 0 heterocycles. The molecular formula is C29H42N4O6. The van der Waals surface area contributed by atoms with E-state index in [0.717, 1.165) is 11.1 Å². The maximum atomic E-state index is 12.1. The quantitative estimate of drug-likeness (QED) is 0.266. The molecule has 0 bridgehead atoms. The number of nitrogens with one attached hydrogen (secondary N) is 2. The number of nitrogens with zero attached hydrogens (tertiary/aromatic N) is 1. The molecule has 0 aliphatic carbocycles. The van der Waals surface area contributed by atoms with E-state index in [4.69, 9.17) is 15.2 Å². The van der Waals surface area contributed by atoms with Crippen molar-refractivity contribution in [3.63, 3.8) is 0 Å². The van der Waals surface area contributed by atoms with Gasteiger partial charge in [0.2, 0.25) is 0 Å². The van der Waals surface area contributed by atoms with E-state index in [1.54, 1.807) is 0 Å². The van der Waals surface area contributed by atoms with Crippen LogP contribution in [-0.2, 0) is 27.5 Å². The topological polar surface area (TPSA) is 143 Å². The van der Waals surface area contributed by atoms with Crippen molar-refractivity contribution < 1.29 is 29.0 Å². The lowest BCUT2D eigenvalue weighted by molar-refractivity contribution is -0.148. The largest absolute Gasteiger partial charge is 0.480 e. The van der Waals surface area contributed by atoms with Gasteiger partial charge in [-0.1, -0.05) is 81.4 Å². The zero-order valence-electron chi connectivity index (χ0n) is 23.2. The van der Waals surface area contributed by atoms with Gasteiger partial charge in [0.15, 0.2) is 0 Å². The number of hydrogen-bond acceptors (Lipinski definition) is 7. The lowest BCUT2D eigenvalue weighted by Crippen LogP contribution is -2.58. The Balaban J connectivity index is 1.83. The normalized spacial score (nSPS) is 12.8. The second kappa shape index (κ2) is 15.7. The van der Waals surface area contributed by atoms with Gasteiger partial charge in [-0.05, 0) is 35.9 Å². The number of benzene rings is 2. The molecule has 2 amide bonds. The van der Waals surface area contributed by atoms with E-state index in [1.807, 2.05) is 86.3 Å². The number of carbonyl (C=O) groups is 3. The zero-order chi connectivity index (χ0) is 28.7. The Bertz CT molecular complexity index is 968. The summed E-state index contributed by atoms with van der Waals surface area (Å²) in [5.74, 6) is -1.03. The number of aliphatic carboxylic acids is 1. The molecule has 0 fully saturated rings. The first kappa shape index (κ1) is 31.6. The number of rotatable bonds is 15. The minimum absolute atomic E-state index is 0.173. The SMILES string of the molecule is CC(C)(C)[C@@](N)(CCCN(CCNC(=O)OCc1ccccc1)CCNC(=O)OCc1ccccc1)C(=O)O. The second-order valence-electron chi connectivity index (χ2n) is 10.4. The van der Waals surface area contributed by atoms with Gasteiger partial charge >= 0.3 is 18.2 Å². The number of ether oxygens (including phenoxy) is 2. The van der Waals surface area contributed by atoms with Crippen molar-refractivity contribution >= 4 is 18.2 Å². The highest BCUT2D eigenvalue weighted by atomic mass is 16.6. The standard InChI is InChI=1S/C29H42N4O6/c1-28(2,3)29(30,25(34)35)15-10-18-33(19-16-31-26(36)38-21-23-11-6-4-7-12-23)20-17-32-27(37)39-22-24-13-8-5-9-14-24/h4-9,11-14H,10,15-22,30H2,1-3H3,(H,31,36)(H,32,37)(H,34,35)/t29-/m1/s1. The number of alkyl carbamates (subject to hydrolysis) is 2. The lowest BCUT2D eigenvalue weighted by Gasteiger charge is -2.38. The molecule has 0 saturated carbocycles. The van der Waals surface area contributed by atoms with Crippen LogP contribution < -0.4 is 16.4 Å². The van der Waals surface area contributed by atoms with E-state index in [2.05, 4.69) is 10.6 Å². The molecule has 39 heavy (non-hydrogen) atoms. The van der Waals surface area contributed by atoms with Gasteiger partial charge in [0, 0.05) is 26.2 Å². The van der Waals surface area contributed by atoms with Crippen molar-refractivity contribution in [2.24, 2.45) is 11.1 Å². The van der Waals surface area contributed by atoms with E-state index in [9.17, 15) is 19.5 Å². The summed E-state index contributed by atoms with van der Waals surface area (Å²) in [6.07, 6.45) is -0.250. The fourth-order valence-corrected chi connectivity index (χ4v) is 3.90. The van der Waals surface area contributed by atoms with E-state index in [1.165, 1.54) is 0 Å². The van der Waals surface area contributed by atoms with Crippen molar-refractivity contribution in [2.75, 3.05) is 32.7 Å². The van der Waals surface area contributed by atoms with E-state index in [-0.39, 0.29) is 19.6 Å². The van der Waals surface area contributed by atoms with Crippen molar-refractivity contribution in [2.45, 2.75) is 52.4 Å². The van der Waals surface area contributed by atoms with Gasteiger partial charge < -0.3 is 30.9 Å². The first-order valence-electron chi connectivity index (χ1n) is 13.1. The predicted molar refractivity (Wildman–Crippen MR) is 149 cm³/mol. The molecule has 0 aromatic heterocycles. The van der Waals surface area contributed by atoms with Crippen LogP contribution in [0, 0.1) is 5.41 Å². The third-order valence-electron chi connectivity index (χ3n) is 6.59. The Labute approximate surface area is 230 Å². The summed E-state index contributed by atoms with van der Waals surface area (Å²) in [5.41, 5.74) is 6.06. The molecule has 2 rings (SSSR count). The summed E-state index contributed by atoms with van der Waals surface area (Å²) in [6, 6.07) is 18.8. The first-order valence-corrected chi connectivity index (χ1v) is 13.1. The van der Waals surface area contributed by atoms with Gasteiger partial charge in [-0.2, -0.15) is 0 Å². The van der Waals surface area contributed by atoms with E-state index >= 15 is 0 Å². The highest BCUT2D eigenvalue weighted by Gasteiger charge is 2.44. The maximum Gasteiger partial charge on any atom is 0.407 e. The number of carbonyl (C=O) groups excluding carboxylic acids is 2. The Morgan fingerprint density at radius 1 is 0.795 bits per heavy atom. The third kappa shape index (κ3) is 11.3. The number of carboxylic acid groups (broad SMARTS) is 1. The smallest absolute Gasteiger partial charge is 0.407 e. The highest BCUT2D eigenvalue weighted by Crippen LogP contribution is 2.32. The molecule has 10 heteroatoms. The second-order valence-corrected chi connectivity index (χ2v) is 10.4. The molecule has 0 aliphatic heterocycles. The molecule has 2 aromatic carbocycles. The fourth-order valence-electron chi connectivity index (χ4n) is 3.90. The molecule has 0 aliphatic rings. The van der Waals surface area contributed by atoms with Crippen molar-refractivity contribution in [3.8, 4) is 0 Å². The van der Waals surface area contributed by atoms with Gasteiger partial charge in [-0.25, -0.2) is 9.59 Å². The van der Waals surface area contributed by atoms with Crippen molar-refractivity contribution in [1.29, 1.82) is 0 Å². The minimum atomic E-state index is -1.38. The Morgan fingerprint density at radius 2 is 1.23 bits per heavy atom. The molecule has 214 valence electrons. The molecule has 0 unspecified atom stereocenters. The summed E-state index contributed by atoms with van der Waals surface area (Å²) in [6.45, 7) is 7.90. The highest BCUT2D eigenvalue weighted by molar-refractivity contribution is 5.79. The maximum absolute atomic E-state index is 12.1. The average Bonchev–Trinajstić information content (AvgIpc) is 2.90. The van der Waals surface area contributed by atoms with Crippen LogP contribution in [0.15, 0.2) is 60.7 Å². The van der Waals surface area contributed by atoms with Crippen molar-refractivity contribution in [3.05, 3.63) is 71.8 Å². The van der Waals surface area contributed by atoms with Gasteiger partial charge in [0.25, 0.3) is 0 Å². The molecule has 2 aromatic rings. The van der Waals surface area contributed by atoms with Crippen LogP contribution in [0.25, 0.3) is 0 Å². The lowest BCUT2D eigenvalue weighted by atomic mass is 9.71. The van der Waals surface area contributed by atoms with Crippen LogP contribution in [0.1, 0.15) is 44.7 Å². The zero-order valence-corrected chi connectivity index (χ0v) is 23.2. The molecule has 1 atom stereocenters. The van der Waals surface area contributed by atoms with Crippen LogP contribution in [-0.4, -0.2) is 66.4 Å². The van der Waals surface area contributed by atoms with Crippen LogP contribution in [0.5, 0.6) is 0 Å². The Morgan fingerprint density at radius 3 is 1.62 bits per heavy atom. The average molecular weight is 543 g/mol. The van der Waals surface area contributed by atoms with Gasteiger partial charge in [0.05, 0.1) is 0 Å². The molecular weight excluding hydrogens is 500 g/mol. The van der Waals surface area contributed by atoms with Gasteiger partial charge in [-0.3, -0.25) is 9.69 Å². The first-order chi connectivity index (χ1) is 18.5. The monoisotopic (exact) mass is 542 g/mol. The van der Waals surface area contributed by atoms with Gasteiger partial charge in [-0.15, -0.1) is 0 Å². The predicted octanol–water partition coefficient (Wildman–Crippen LogP) is 3.75. The molecule has 0 spiro atoms. The number of nitrogens with two attached hydrogens (primary N) is 1. The Kier molecular flexibility index (Phi) is 12.7. The number of amides is 2. The Hall–Kier alpha value is -3.63. The number of carboxylic acids is 1. The van der Waals surface area contributed by atoms with Crippen molar-refractivity contribution in [1.82, 2.24) is 15.5 Å². The summed E-state index contributed by atoms with van der Waals surface area (Å²) in [5, 5.41) is 15.2. The van der Waals surface area contributed by atoms with Crippen LogP contribution in [0.2, 0.25) is 0 Å². The van der Waals surface area contributed by atoms with E-state index < -0.39 is 29.1 Å². The molecule has 0 saturated heterocycles. The summed E-state index contributed by atoms with van der Waals surface area (Å²) in [4.78, 5) is 38.2. The fraction of sp³-hybridized carbons (Fsp3) is 0.483. The minimum Gasteiger partial charge on any atom is -0.480 e. The van der Waals surface area contributed by atoms with E-state index in [0.29, 0.717) is 39.1 Å². The summed E-state index contributed by atoms with van der Waals surface area (Å²) < 4.78 is 10.5. The van der Waals surface area contributed by atoms with Crippen LogP contribution in [0.3, 0.4) is 0 Å². The molecule has 10 nitrogen and oxygen atoms in total. The number of hydrogen-bond donors (Lipinski definition) is 4. The van der Waals surface area contributed by atoms with Gasteiger partial charge in [0.1, 0.15) is 18.8 Å². The third-order valence-corrected chi connectivity index (χ3v) is 6.59. The van der Waals surface area contributed by atoms with Crippen LogP contribution >= 0.6 is 0 Å². The van der Waals surface area contributed by atoms with Crippen LogP contribution in [0.4, 0.5) is 9.59 Å². The summed E-state index contributed by atoms with van der Waals surface area (Å²) >= 11 is 0. The molecule has 0 radical (unpaired) electrons.